The molecule has 1 heterocycles. The number of halogens is 1. The second-order valence-electron chi connectivity index (χ2n) is 2.87. The Balaban J connectivity index is 2.56. The largest absolute Gasteiger partial charge is 0.453 e. The zero-order chi connectivity index (χ0) is 10.1. The Kier molecular flexibility index (Phi) is 2.39. The van der Waals surface area contributed by atoms with Crippen molar-refractivity contribution >= 4 is 32.7 Å². The third kappa shape index (κ3) is 1.58. The number of hydrogen-bond donors (Lipinski definition) is 1. The van der Waals surface area contributed by atoms with E-state index in [9.17, 15) is 4.79 Å². The highest BCUT2D eigenvalue weighted by molar-refractivity contribution is 9.10. The zero-order valence-corrected chi connectivity index (χ0v) is 8.74. The lowest BCUT2D eigenvalue weighted by Gasteiger charge is -1.88. The van der Waals surface area contributed by atoms with Gasteiger partial charge in [0.2, 0.25) is 5.78 Å². The second-order valence-corrected chi connectivity index (χ2v) is 3.79. The van der Waals surface area contributed by atoms with E-state index in [-0.39, 0.29) is 5.76 Å². The van der Waals surface area contributed by atoms with Gasteiger partial charge in [-0.2, -0.15) is 0 Å². The summed E-state index contributed by atoms with van der Waals surface area (Å²) in [5.41, 5.74) is 0.644. The average molecular weight is 255 g/mol. The minimum Gasteiger partial charge on any atom is -0.453 e. The molecule has 14 heavy (non-hydrogen) atoms. The number of fused-ring (bicyclic) bond motifs is 1. The van der Waals surface area contributed by atoms with Crippen LogP contribution in [0.2, 0.25) is 0 Å². The molecule has 0 radical (unpaired) electrons. The van der Waals surface area contributed by atoms with Gasteiger partial charge in [0.15, 0.2) is 5.76 Å². The van der Waals surface area contributed by atoms with Gasteiger partial charge in [-0.1, -0.05) is 15.9 Å². The summed E-state index contributed by atoms with van der Waals surface area (Å²) >= 11 is 3.32. The van der Waals surface area contributed by atoms with Gasteiger partial charge in [-0.25, -0.2) is 0 Å². The molecule has 0 aliphatic heterocycles. The van der Waals surface area contributed by atoms with Crippen molar-refractivity contribution in [2.75, 3.05) is 6.61 Å². The van der Waals surface area contributed by atoms with E-state index in [1.165, 1.54) is 0 Å². The number of aliphatic hydroxyl groups is 1. The summed E-state index contributed by atoms with van der Waals surface area (Å²) in [5.74, 6) is -0.210. The fourth-order valence-electron chi connectivity index (χ4n) is 1.23. The summed E-state index contributed by atoms with van der Waals surface area (Å²) in [6, 6.07) is 7.08. The van der Waals surface area contributed by atoms with Crippen molar-refractivity contribution in [2.24, 2.45) is 0 Å². The fraction of sp³-hybridized carbons (Fsp3) is 0.100. The van der Waals surface area contributed by atoms with Crippen LogP contribution in [0.25, 0.3) is 11.0 Å². The van der Waals surface area contributed by atoms with Crippen LogP contribution in [-0.2, 0) is 0 Å². The molecular weight excluding hydrogens is 248 g/mol. The first kappa shape index (κ1) is 9.43. The number of furan rings is 1. The van der Waals surface area contributed by atoms with Gasteiger partial charge in [-0.15, -0.1) is 0 Å². The summed E-state index contributed by atoms with van der Waals surface area (Å²) in [7, 11) is 0. The van der Waals surface area contributed by atoms with Crippen LogP contribution in [-0.4, -0.2) is 17.5 Å². The van der Waals surface area contributed by atoms with Crippen LogP contribution in [0.15, 0.2) is 33.2 Å². The first-order chi connectivity index (χ1) is 6.70. The lowest BCUT2D eigenvalue weighted by Crippen LogP contribution is -2.01. The Bertz CT molecular complexity index is 487. The molecule has 0 saturated carbocycles. The third-order valence-electron chi connectivity index (χ3n) is 1.90. The van der Waals surface area contributed by atoms with Crippen molar-refractivity contribution in [2.45, 2.75) is 0 Å². The fourth-order valence-corrected chi connectivity index (χ4v) is 1.61. The van der Waals surface area contributed by atoms with Crippen LogP contribution in [0.3, 0.4) is 0 Å². The minimum absolute atomic E-state index is 0.195. The Morgan fingerprint density at radius 1 is 1.43 bits per heavy atom. The molecule has 1 aromatic carbocycles. The normalized spacial score (nSPS) is 10.7. The molecule has 0 bridgehead atoms. The quantitative estimate of drug-likeness (QED) is 0.838. The molecule has 0 atom stereocenters. The molecule has 0 aliphatic rings. The summed E-state index contributed by atoms with van der Waals surface area (Å²) in [4.78, 5) is 11.1. The Labute approximate surface area is 88.5 Å². The van der Waals surface area contributed by atoms with Crippen molar-refractivity contribution < 1.29 is 14.3 Å². The zero-order valence-electron chi connectivity index (χ0n) is 7.16. The highest BCUT2D eigenvalue weighted by Gasteiger charge is 2.10. The Morgan fingerprint density at radius 2 is 2.21 bits per heavy atom. The molecular formula is C10H7BrO3. The molecule has 0 saturated heterocycles. The van der Waals surface area contributed by atoms with Crippen LogP contribution in [0.4, 0.5) is 0 Å². The number of rotatable bonds is 2. The summed E-state index contributed by atoms with van der Waals surface area (Å²) in [6.45, 7) is -0.527. The monoisotopic (exact) mass is 254 g/mol. The van der Waals surface area contributed by atoms with Gasteiger partial charge in [0.1, 0.15) is 12.2 Å². The van der Waals surface area contributed by atoms with E-state index in [0.29, 0.717) is 5.58 Å². The summed E-state index contributed by atoms with van der Waals surface area (Å²) in [5, 5.41) is 9.49. The Morgan fingerprint density at radius 3 is 2.93 bits per heavy atom. The number of benzene rings is 1. The lowest BCUT2D eigenvalue weighted by molar-refractivity contribution is 0.0878. The Hall–Kier alpha value is -1.13. The lowest BCUT2D eigenvalue weighted by atomic mass is 10.2. The predicted octanol–water partition coefficient (Wildman–Crippen LogP) is 2.37. The molecule has 0 unspecified atom stereocenters. The van der Waals surface area contributed by atoms with E-state index >= 15 is 0 Å². The molecule has 3 nitrogen and oxygen atoms in total. The molecule has 2 aromatic rings. The van der Waals surface area contributed by atoms with Gasteiger partial charge in [-0.05, 0) is 24.3 Å². The number of hydrogen-bond acceptors (Lipinski definition) is 3. The second kappa shape index (κ2) is 3.55. The highest BCUT2D eigenvalue weighted by atomic mass is 79.9. The topological polar surface area (TPSA) is 50.4 Å². The van der Waals surface area contributed by atoms with Crippen LogP contribution < -0.4 is 0 Å². The molecule has 0 aliphatic carbocycles. The first-order valence-corrected chi connectivity index (χ1v) is 4.83. The standard InChI is InChI=1S/C10H7BrO3/c11-7-1-2-9-6(3-7)4-10(14-9)8(13)5-12/h1-4,12H,5H2. The molecule has 72 valence electrons. The van der Waals surface area contributed by atoms with E-state index in [4.69, 9.17) is 9.52 Å². The smallest absolute Gasteiger partial charge is 0.223 e. The molecule has 4 heteroatoms. The maximum absolute atomic E-state index is 11.1. The molecule has 0 fully saturated rings. The number of carbonyl (C=O) groups is 1. The number of ketones is 1. The van der Waals surface area contributed by atoms with Crippen LogP contribution in [0.5, 0.6) is 0 Å². The summed E-state index contributed by atoms with van der Waals surface area (Å²) < 4.78 is 6.17. The van der Waals surface area contributed by atoms with E-state index < -0.39 is 12.4 Å². The number of Topliss-reactive ketones (excluding diaryl/α,β-unsaturated/α-hetero) is 1. The van der Waals surface area contributed by atoms with Crippen LogP contribution in [0.1, 0.15) is 10.6 Å². The molecule has 1 N–H and O–H groups in total. The van der Waals surface area contributed by atoms with Crippen molar-refractivity contribution in [1.29, 1.82) is 0 Å². The van der Waals surface area contributed by atoms with E-state index in [2.05, 4.69) is 15.9 Å². The van der Waals surface area contributed by atoms with Gasteiger partial charge in [0.25, 0.3) is 0 Å². The van der Waals surface area contributed by atoms with Gasteiger partial charge < -0.3 is 9.52 Å². The molecule has 2 rings (SSSR count). The number of carbonyl (C=O) groups excluding carboxylic acids is 1. The van der Waals surface area contributed by atoms with Gasteiger partial charge >= 0.3 is 0 Å². The number of aliphatic hydroxyl groups excluding tert-OH is 1. The molecule has 0 amide bonds. The van der Waals surface area contributed by atoms with Crippen molar-refractivity contribution in [1.82, 2.24) is 0 Å². The first-order valence-electron chi connectivity index (χ1n) is 4.04. The maximum atomic E-state index is 11.1. The van der Waals surface area contributed by atoms with Crippen molar-refractivity contribution in [3.05, 3.63) is 34.5 Å². The highest BCUT2D eigenvalue weighted by Crippen LogP contribution is 2.23. The maximum Gasteiger partial charge on any atom is 0.223 e. The van der Waals surface area contributed by atoms with Gasteiger partial charge in [0, 0.05) is 9.86 Å². The van der Waals surface area contributed by atoms with Crippen molar-refractivity contribution in [3.63, 3.8) is 0 Å². The molecule has 1 aromatic heterocycles. The van der Waals surface area contributed by atoms with Crippen LogP contribution >= 0.6 is 15.9 Å². The van der Waals surface area contributed by atoms with Crippen LogP contribution in [0, 0.1) is 0 Å². The van der Waals surface area contributed by atoms with E-state index in [1.807, 2.05) is 12.1 Å². The van der Waals surface area contributed by atoms with E-state index in [1.54, 1.807) is 12.1 Å². The summed E-state index contributed by atoms with van der Waals surface area (Å²) in [6.07, 6.45) is 0. The third-order valence-corrected chi connectivity index (χ3v) is 2.39. The van der Waals surface area contributed by atoms with Crippen molar-refractivity contribution in [3.8, 4) is 0 Å². The molecule has 0 spiro atoms. The predicted molar refractivity (Wildman–Crippen MR) is 55.3 cm³/mol. The van der Waals surface area contributed by atoms with E-state index in [0.717, 1.165) is 9.86 Å². The average Bonchev–Trinajstić information content (AvgIpc) is 2.59. The van der Waals surface area contributed by atoms with Gasteiger partial charge in [-0.3, -0.25) is 4.79 Å². The SMILES string of the molecule is O=C(CO)c1cc2cc(Br)ccc2o1. The minimum atomic E-state index is -0.527. The van der Waals surface area contributed by atoms with Gasteiger partial charge in [0.05, 0.1) is 0 Å².